The smallest absolute Gasteiger partial charge is 0.283 e. The van der Waals surface area contributed by atoms with Gasteiger partial charge in [-0.3, -0.25) is 4.79 Å². The minimum Gasteiger partial charge on any atom is -0.362 e. The van der Waals surface area contributed by atoms with Gasteiger partial charge in [-0.25, -0.2) is 10.4 Å². The van der Waals surface area contributed by atoms with E-state index in [9.17, 15) is 4.79 Å². The summed E-state index contributed by atoms with van der Waals surface area (Å²) in [5.41, 5.74) is 7.33. The van der Waals surface area contributed by atoms with Crippen LogP contribution in [0.25, 0.3) is 10.6 Å². The summed E-state index contributed by atoms with van der Waals surface area (Å²) in [5, 5.41) is 4.88. The van der Waals surface area contributed by atoms with E-state index in [2.05, 4.69) is 20.5 Å². The molecule has 0 bridgehead atoms. The second-order valence-corrected chi connectivity index (χ2v) is 6.53. The van der Waals surface area contributed by atoms with E-state index in [0.29, 0.717) is 10.6 Å². The van der Waals surface area contributed by atoms with Crippen LogP contribution in [-0.4, -0.2) is 22.1 Å². The number of carbonyl (C=O) groups excluding carboxylic acids is 1. The molecule has 24 heavy (non-hydrogen) atoms. The van der Waals surface area contributed by atoms with Crippen LogP contribution < -0.4 is 5.43 Å². The fourth-order valence-electron chi connectivity index (χ4n) is 2.40. The number of nitrogens with zero attached hydrogens (tertiary/aromatic N) is 2. The highest BCUT2D eigenvalue weighted by Gasteiger charge is 2.15. The molecule has 0 fully saturated rings. The van der Waals surface area contributed by atoms with Gasteiger partial charge in [0.2, 0.25) is 0 Å². The van der Waals surface area contributed by atoms with Crippen molar-refractivity contribution in [2.75, 3.05) is 0 Å². The molecule has 3 rings (SSSR count). The van der Waals surface area contributed by atoms with Crippen LogP contribution in [0.15, 0.2) is 41.5 Å². The zero-order valence-corrected chi connectivity index (χ0v) is 14.6. The van der Waals surface area contributed by atoms with Crippen molar-refractivity contribution >= 4 is 23.5 Å². The number of hydrazone groups is 1. The van der Waals surface area contributed by atoms with Crippen molar-refractivity contribution in [3.63, 3.8) is 0 Å². The maximum Gasteiger partial charge on any atom is 0.283 e. The van der Waals surface area contributed by atoms with Crippen molar-refractivity contribution in [1.29, 1.82) is 0 Å². The predicted octanol–water partition coefficient (Wildman–Crippen LogP) is 3.83. The van der Waals surface area contributed by atoms with Crippen molar-refractivity contribution in [2.45, 2.75) is 20.8 Å². The van der Waals surface area contributed by atoms with Gasteiger partial charge in [-0.15, -0.1) is 11.3 Å². The summed E-state index contributed by atoms with van der Waals surface area (Å²) in [6, 6.07) is 11.8. The molecule has 2 N–H and O–H groups in total. The fraction of sp³-hybridized carbons (Fsp3) is 0.167. The van der Waals surface area contributed by atoms with Crippen LogP contribution in [0.5, 0.6) is 0 Å². The second kappa shape index (κ2) is 6.80. The first kappa shape index (κ1) is 16.1. The molecule has 5 nitrogen and oxygen atoms in total. The molecule has 0 aliphatic carbocycles. The first-order valence-corrected chi connectivity index (χ1v) is 8.38. The Labute approximate surface area is 144 Å². The average Bonchev–Trinajstić information content (AvgIpc) is 3.10. The van der Waals surface area contributed by atoms with E-state index in [0.717, 1.165) is 27.5 Å². The summed E-state index contributed by atoms with van der Waals surface area (Å²) in [7, 11) is 0. The molecule has 6 heteroatoms. The molecule has 0 spiro atoms. The lowest BCUT2D eigenvalue weighted by Crippen LogP contribution is -2.17. The number of hydrogen-bond donors (Lipinski definition) is 2. The number of nitrogens with one attached hydrogen (secondary N) is 2. The summed E-state index contributed by atoms with van der Waals surface area (Å²) in [5.74, 6) is -0.242. The summed E-state index contributed by atoms with van der Waals surface area (Å²) >= 11 is 1.37. The van der Waals surface area contributed by atoms with Crippen molar-refractivity contribution < 1.29 is 4.79 Å². The SMILES string of the molecule is Cc1cc(/C=N/NC(=O)c2sc(-c3ccccc3)nc2C)c(C)[nH]1. The van der Waals surface area contributed by atoms with Gasteiger partial charge < -0.3 is 4.98 Å². The monoisotopic (exact) mass is 338 g/mol. The molecule has 2 heterocycles. The van der Waals surface area contributed by atoms with E-state index < -0.39 is 0 Å². The third-order valence-electron chi connectivity index (χ3n) is 3.58. The molecule has 0 aliphatic heterocycles. The number of benzene rings is 1. The van der Waals surface area contributed by atoms with E-state index >= 15 is 0 Å². The number of aromatic nitrogens is 2. The highest BCUT2D eigenvalue weighted by atomic mass is 32.1. The summed E-state index contributed by atoms with van der Waals surface area (Å²) in [4.78, 5) is 20.6. The Morgan fingerprint density at radius 3 is 2.67 bits per heavy atom. The lowest BCUT2D eigenvalue weighted by atomic mass is 10.2. The Bertz CT molecular complexity index is 893. The minimum absolute atomic E-state index is 0.242. The van der Waals surface area contributed by atoms with Crippen LogP contribution in [0.4, 0.5) is 0 Å². The van der Waals surface area contributed by atoms with E-state index in [1.54, 1.807) is 6.21 Å². The van der Waals surface area contributed by atoms with Gasteiger partial charge in [0.05, 0.1) is 11.9 Å². The van der Waals surface area contributed by atoms with Gasteiger partial charge in [0.15, 0.2) is 0 Å². The molecule has 3 aromatic rings. The van der Waals surface area contributed by atoms with Gasteiger partial charge in [0.1, 0.15) is 9.88 Å². The molecule has 122 valence electrons. The predicted molar refractivity (Wildman–Crippen MR) is 97.6 cm³/mol. The molecule has 0 unspecified atom stereocenters. The van der Waals surface area contributed by atoms with Gasteiger partial charge in [0, 0.05) is 22.5 Å². The van der Waals surface area contributed by atoms with E-state index in [1.807, 2.05) is 57.2 Å². The third-order valence-corrected chi connectivity index (χ3v) is 4.79. The van der Waals surface area contributed by atoms with Crippen LogP contribution in [0, 0.1) is 20.8 Å². The number of hydrogen-bond acceptors (Lipinski definition) is 4. The molecular weight excluding hydrogens is 320 g/mol. The highest BCUT2D eigenvalue weighted by molar-refractivity contribution is 7.17. The average molecular weight is 338 g/mol. The van der Waals surface area contributed by atoms with Gasteiger partial charge >= 0.3 is 0 Å². The molecule has 0 saturated carbocycles. The van der Waals surface area contributed by atoms with Crippen molar-refractivity contribution in [3.05, 3.63) is 63.9 Å². The Morgan fingerprint density at radius 1 is 1.25 bits per heavy atom. The van der Waals surface area contributed by atoms with Crippen molar-refractivity contribution in [1.82, 2.24) is 15.4 Å². The molecule has 0 aliphatic rings. The maximum absolute atomic E-state index is 12.3. The Morgan fingerprint density at radius 2 is 2.00 bits per heavy atom. The van der Waals surface area contributed by atoms with E-state index in [-0.39, 0.29) is 5.91 Å². The molecule has 0 atom stereocenters. The summed E-state index contributed by atoms with van der Waals surface area (Å²) in [6.45, 7) is 5.78. The third kappa shape index (κ3) is 3.44. The van der Waals surface area contributed by atoms with Crippen LogP contribution in [0.1, 0.15) is 32.3 Å². The largest absolute Gasteiger partial charge is 0.362 e. The lowest BCUT2D eigenvalue weighted by Gasteiger charge is -1.96. The number of H-pyrrole nitrogens is 1. The quantitative estimate of drug-likeness (QED) is 0.561. The van der Waals surface area contributed by atoms with Gasteiger partial charge in [-0.05, 0) is 26.8 Å². The number of aromatic amines is 1. The standard InChI is InChI=1S/C18H18N4OS/c1-11-9-15(12(2)20-11)10-19-22-17(23)16-13(3)21-18(24-16)14-7-5-4-6-8-14/h4-10,20H,1-3H3,(H,22,23)/b19-10+. The van der Waals surface area contributed by atoms with Gasteiger partial charge in [-0.2, -0.15) is 5.10 Å². The molecule has 2 aromatic heterocycles. The maximum atomic E-state index is 12.3. The molecule has 1 amide bonds. The van der Waals surface area contributed by atoms with Crippen LogP contribution >= 0.6 is 11.3 Å². The van der Waals surface area contributed by atoms with Crippen molar-refractivity contribution in [2.24, 2.45) is 5.10 Å². The highest BCUT2D eigenvalue weighted by Crippen LogP contribution is 2.27. The zero-order chi connectivity index (χ0) is 17.1. The van der Waals surface area contributed by atoms with E-state index in [4.69, 9.17) is 0 Å². The molecule has 0 saturated heterocycles. The van der Waals surface area contributed by atoms with Crippen LogP contribution in [-0.2, 0) is 0 Å². The summed E-state index contributed by atoms with van der Waals surface area (Å²) < 4.78 is 0. The fourth-order valence-corrected chi connectivity index (χ4v) is 3.36. The summed E-state index contributed by atoms with van der Waals surface area (Å²) in [6.07, 6.45) is 1.64. The topological polar surface area (TPSA) is 70.1 Å². The Kier molecular flexibility index (Phi) is 4.57. The first-order valence-electron chi connectivity index (χ1n) is 7.57. The number of thiazole rings is 1. The zero-order valence-electron chi connectivity index (χ0n) is 13.8. The molecule has 1 aromatic carbocycles. The number of aryl methyl sites for hydroxylation is 3. The van der Waals surface area contributed by atoms with E-state index in [1.165, 1.54) is 11.3 Å². The van der Waals surface area contributed by atoms with Gasteiger partial charge in [-0.1, -0.05) is 30.3 Å². The lowest BCUT2D eigenvalue weighted by molar-refractivity contribution is 0.0958. The number of carbonyl (C=O) groups is 1. The van der Waals surface area contributed by atoms with Crippen LogP contribution in [0.3, 0.4) is 0 Å². The molecular formula is C18H18N4OS. The Hall–Kier alpha value is -2.73. The molecule has 0 radical (unpaired) electrons. The first-order chi connectivity index (χ1) is 11.5. The van der Waals surface area contributed by atoms with Crippen molar-refractivity contribution in [3.8, 4) is 10.6 Å². The minimum atomic E-state index is -0.242. The number of amides is 1. The van der Waals surface area contributed by atoms with Crippen LogP contribution in [0.2, 0.25) is 0 Å². The second-order valence-electron chi connectivity index (χ2n) is 5.53. The number of rotatable bonds is 4. The normalized spacial score (nSPS) is 11.1. The Balaban J connectivity index is 1.74. The van der Waals surface area contributed by atoms with Gasteiger partial charge in [0.25, 0.3) is 5.91 Å².